The van der Waals surface area contributed by atoms with E-state index in [1.807, 2.05) is 0 Å². The maximum atomic E-state index is 3.99. The first-order chi connectivity index (χ1) is 4.22. The van der Waals surface area contributed by atoms with Crippen molar-refractivity contribution in [1.82, 2.24) is 0 Å². The Morgan fingerprint density at radius 3 is 2.33 bits per heavy atom. The largest absolute Gasteiger partial charge is 0.0998 e. The van der Waals surface area contributed by atoms with Gasteiger partial charge in [0.25, 0.3) is 0 Å². The summed E-state index contributed by atoms with van der Waals surface area (Å²) in [5.74, 6) is 4.07. The zero-order valence-electron chi connectivity index (χ0n) is 6.22. The van der Waals surface area contributed by atoms with Crippen LogP contribution in [0.3, 0.4) is 0 Å². The molecule has 0 amide bonds. The van der Waals surface area contributed by atoms with Gasteiger partial charge in [0.1, 0.15) is 0 Å². The van der Waals surface area contributed by atoms with Crippen LogP contribution in [0.15, 0.2) is 12.2 Å². The zero-order chi connectivity index (χ0) is 6.59. The van der Waals surface area contributed by atoms with Crippen LogP contribution in [-0.2, 0) is 0 Å². The molecule has 2 aliphatic carbocycles. The topological polar surface area (TPSA) is 0 Å². The molecule has 0 aromatic heterocycles. The van der Waals surface area contributed by atoms with Crippen LogP contribution in [0, 0.1) is 23.7 Å². The van der Waals surface area contributed by atoms with Crippen molar-refractivity contribution in [1.29, 1.82) is 0 Å². The second-order valence-corrected chi connectivity index (χ2v) is 3.83. The van der Waals surface area contributed by atoms with E-state index in [1.165, 1.54) is 12.0 Å². The third kappa shape index (κ3) is 0.540. The first-order valence-electron chi connectivity index (χ1n) is 3.87. The monoisotopic (exact) mass is 122 g/mol. The lowest BCUT2D eigenvalue weighted by Gasteiger charge is -2.17. The van der Waals surface area contributed by atoms with Crippen LogP contribution >= 0.6 is 0 Å². The highest BCUT2D eigenvalue weighted by Crippen LogP contribution is 2.66. The molecule has 0 nitrogen and oxygen atoms in total. The van der Waals surface area contributed by atoms with E-state index >= 15 is 0 Å². The molecule has 0 saturated heterocycles. The first-order valence-corrected chi connectivity index (χ1v) is 3.87. The van der Waals surface area contributed by atoms with Crippen LogP contribution in [-0.4, -0.2) is 0 Å². The molecule has 2 fully saturated rings. The Hall–Kier alpha value is -0.260. The van der Waals surface area contributed by atoms with Gasteiger partial charge < -0.3 is 0 Å². The van der Waals surface area contributed by atoms with Crippen LogP contribution in [0.1, 0.15) is 20.3 Å². The quantitative estimate of drug-likeness (QED) is 0.469. The molecule has 4 unspecified atom stereocenters. The van der Waals surface area contributed by atoms with E-state index in [1.54, 1.807) is 0 Å². The molecule has 0 aromatic carbocycles. The van der Waals surface area contributed by atoms with E-state index in [0.717, 1.165) is 23.7 Å². The smallest absolute Gasteiger partial charge is 0.0144 e. The number of allylic oxidation sites excluding steroid dienone is 1. The lowest BCUT2D eigenvalue weighted by Crippen LogP contribution is -2.10. The average molecular weight is 122 g/mol. The van der Waals surface area contributed by atoms with E-state index in [4.69, 9.17) is 0 Å². The van der Waals surface area contributed by atoms with Crippen molar-refractivity contribution in [3.63, 3.8) is 0 Å². The fourth-order valence-electron chi connectivity index (χ4n) is 2.56. The number of hydrogen-bond donors (Lipinski definition) is 0. The Morgan fingerprint density at radius 1 is 1.56 bits per heavy atom. The molecular formula is C9H14. The molecule has 2 rings (SSSR count). The van der Waals surface area contributed by atoms with Gasteiger partial charge in [-0.15, -0.1) is 0 Å². The van der Waals surface area contributed by atoms with E-state index in [9.17, 15) is 0 Å². The predicted octanol–water partition coefficient (Wildman–Crippen LogP) is 2.46. The summed E-state index contributed by atoms with van der Waals surface area (Å²) in [7, 11) is 0. The third-order valence-corrected chi connectivity index (χ3v) is 3.10. The Bertz CT molecular complexity index is 157. The molecule has 0 spiro atoms. The van der Waals surface area contributed by atoms with Gasteiger partial charge in [-0.3, -0.25) is 0 Å². The Morgan fingerprint density at radius 2 is 2.22 bits per heavy atom. The Labute approximate surface area is 57.0 Å². The molecule has 2 saturated carbocycles. The minimum absolute atomic E-state index is 0.931. The molecule has 0 N–H and O–H groups in total. The van der Waals surface area contributed by atoms with Crippen molar-refractivity contribution in [2.75, 3.05) is 0 Å². The van der Waals surface area contributed by atoms with Crippen LogP contribution in [0.5, 0.6) is 0 Å². The molecule has 0 aromatic rings. The van der Waals surface area contributed by atoms with Gasteiger partial charge in [0, 0.05) is 0 Å². The molecule has 50 valence electrons. The summed E-state index contributed by atoms with van der Waals surface area (Å²) in [5.41, 5.74) is 1.43. The second-order valence-electron chi connectivity index (χ2n) is 3.83. The van der Waals surface area contributed by atoms with E-state index < -0.39 is 0 Å². The molecule has 2 aliphatic rings. The third-order valence-electron chi connectivity index (χ3n) is 3.10. The zero-order valence-corrected chi connectivity index (χ0v) is 6.22. The normalized spacial score (nSPS) is 53.6. The second kappa shape index (κ2) is 1.42. The van der Waals surface area contributed by atoms with Gasteiger partial charge >= 0.3 is 0 Å². The number of fused-ring (bicyclic) bond motifs is 1. The van der Waals surface area contributed by atoms with Gasteiger partial charge in [-0.2, -0.15) is 0 Å². The van der Waals surface area contributed by atoms with Gasteiger partial charge in [-0.1, -0.05) is 19.1 Å². The van der Waals surface area contributed by atoms with Crippen molar-refractivity contribution in [2.45, 2.75) is 20.3 Å². The Balaban J connectivity index is 2.02. The molecule has 4 atom stereocenters. The molecular weight excluding hydrogens is 108 g/mol. The van der Waals surface area contributed by atoms with Gasteiger partial charge in [-0.05, 0) is 37.0 Å². The summed E-state index contributed by atoms with van der Waals surface area (Å²) in [5, 5.41) is 0. The summed E-state index contributed by atoms with van der Waals surface area (Å²) >= 11 is 0. The van der Waals surface area contributed by atoms with Crippen molar-refractivity contribution in [3.8, 4) is 0 Å². The summed E-state index contributed by atoms with van der Waals surface area (Å²) in [6, 6.07) is 0. The van der Waals surface area contributed by atoms with E-state index in [0.29, 0.717) is 0 Å². The minimum atomic E-state index is 0.931. The summed E-state index contributed by atoms with van der Waals surface area (Å²) < 4.78 is 0. The van der Waals surface area contributed by atoms with Crippen LogP contribution in [0.25, 0.3) is 0 Å². The Kier molecular flexibility index (Phi) is 0.870. The van der Waals surface area contributed by atoms with Gasteiger partial charge in [0.05, 0.1) is 0 Å². The highest BCUT2D eigenvalue weighted by Gasteiger charge is 2.60. The standard InChI is InChI=1S/C9H14/c1-5(2)8-7-4-6(3)9(7)8/h6-9H,1,4H2,2-3H3. The number of rotatable bonds is 1. The predicted molar refractivity (Wildman–Crippen MR) is 39.1 cm³/mol. The van der Waals surface area contributed by atoms with Crippen LogP contribution < -0.4 is 0 Å². The van der Waals surface area contributed by atoms with Gasteiger partial charge in [-0.25, -0.2) is 0 Å². The molecule has 0 heterocycles. The highest BCUT2D eigenvalue weighted by atomic mass is 14.6. The maximum Gasteiger partial charge on any atom is -0.0144 e. The SMILES string of the molecule is C=C(C)C1C2CC(C)C21. The van der Waals surface area contributed by atoms with E-state index in [-0.39, 0.29) is 0 Å². The van der Waals surface area contributed by atoms with Crippen LogP contribution in [0.4, 0.5) is 0 Å². The molecule has 0 radical (unpaired) electrons. The van der Waals surface area contributed by atoms with Crippen molar-refractivity contribution >= 4 is 0 Å². The first kappa shape index (κ1) is 5.52. The number of hydrogen-bond acceptors (Lipinski definition) is 0. The minimum Gasteiger partial charge on any atom is -0.0998 e. The summed E-state index contributed by atoms with van der Waals surface area (Å²) in [4.78, 5) is 0. The van der Waals surface area contributed by atoms with Gasteiger partial charge in [0.2, 0.25) is 0 Å². The van der Waals surface area contributed by atoms with Crippen molar-refractivity contribution in [2.24, 2.45) is 23.7 Å². The summed E-state index contributed by atoms with van der Waals surface area (Å²) in [6.07, 6.45) is 1.47. The van der Waals surface area contributed by atoms with Crippen molar-refractivity contribution < 1.29 is 0 Å². The highest BCUT2D eigenvalue weighted by molar-refractivity contribution is 5.20. The molecule has 9 heavy (non-hydrogen) atoms. The average Bonchev–Trinajstić information content (AvgIpc) is 2.35. The van der Waals surface area contributed by atoms with E-state index in [2.05, 4.69) is 20.4 Å². The summed E-state index contributed by atoms with van der Waals surface area (Å²) in [6.45, 7) is 8.53. The fourth-order valence-corrected chi connectivity index (χ4v) is 2.56. The van der Waals surface area contributed by atoms with Crippen molar-refractivity contribution in [3.05, 3.63) is 12.2 Å². The molecule has 0 aliphatic heterocycles. The lowest BCUT2D eigenvalue weighted by molar-refractivity contribution is 0.317. The molecule has 0 heteroatoms. The fraction of sp³-hybridized carbons (Fsp3) is 0.778. The van der Waals surface area contributed by atoms with Gasteiger partial charge in [0.15, 0.2) is 0 Å². The van der Waals surface area contributed by atoms with Crippen LogP contribution in [0.2, 0.25) is 0 Å². The molecule has 0 bridgehead atoms. The maximum absolute atomic E-state index is 3.99. The lowest BCUT2D eigenvalue weighted by atomic mass is 9.88.